The molecular weight excluding hydrogens is 504 g/mol. The van der Waals surface area contributed by atoms with E-state index in [9.17, 15) is 18.0 Å². The van der Waals surface area contributed by atoms with Crippen molar-refractivity contribution in [2.24, 2.45) is 11.5 Å². The quantitative estimate of drug-likeness (QED) is 0.241. The molecule has 1 amide bonds. The number of ether oxygens (including phenoxy) is 1. The molecule has 0 aliphatic heterocycles. The van der Waals surface area contributed by atoms with Crippen molar-refractivity contribution in [2.45, 2.75) is 43.8 Å². The highest BCUT2D eigenvalue weighted by atomic mass is 32.2. The molecular formula is C28H34N4O5S. The number of benzene rings is 3. The summed E-state index contributed by atoms with van der Waals surface area (Å²) in [5.74, 6) is -1.59. The Morgan fingerprint density at radius 3 is 1.79 bits per heavy atom. The Morgan fingerprint density at radius 2 is 1.26 bits per heavy atom. The summed E-state index contributed by atoms with van der Waals surface area (Å²) in [4.78, 5) is 26.1. The molecule has 3 rings (SSSR count). The van der Waals surface area contributed by atoms with Gasteiger partial charge in [-0.2, -0.15) is 0 Å². The molecule has 0 aliphatic carbocycles. The van der Waals surface area contributed by atoms with E-state index in [1.54, 1.807) is 42.5 Å². The van der Waals surface area contributed by atoms with Crippen LogP contribution in [0.15, 0.2) is 78.9 Å². The van der Waals surface area contributed by atoms with Crippen molar-refractivity contribution < 1.29 is 22.7 Å². The molecule has 10 heteroatoms. The summed E-state index contributed by atoms with van der Waals surface area (Å²) < 4.78 is 33.6. The number of hydrogen-bond acceptors (Lipinski definition) is 7. The van der Waals surface area contributed by atoms with Crippen LogP contribution in [0.2, 0.25) is 0 Å². The van der Waals surface area contributed by atoms with E-state index in [2.05, 4.69) is 10.0 Å². The Balaban J connectivity index is 1.85. The van der Waals surface area contributed by atoms with Gasteiger partial charge in [0, 0.05) is 19.5 Å². The molecule has 0 spiro atoms. The Labute approximate surface area is 223 Å². The molecule has 9 nitrogen and oxygen atoms in total. The van der Waals surface area contributed by atoms with Crippen LogP contribution in [-0.2, 0) is 56.0 Å². The third-order valence-electron chi connectivity index (χ3n) is 5.97. The standard InChI is InChI=1S/C28H34N4O5S/c1-37-28(34)26(16-22-10-6-12-24(14-22)18-30)31-27(33)25(15-21-9-5-11-23(13-21)17-29)32-38(35,36)19-20-7-3-2-4-8-20/h2-14,25-26,32H,15-19,29-30H2,1H3,(H,31,33). The van der Waals surface area contributed by atoms with E-state index in [-0.39, 0.29) is 18.6 Å². The molecule has 38 heavy (non-hydrogen) atoms. The number of hydrogen-bond donors (Lipinski definition) is 4. The maximum Gasteiger partial charge on any atom is 0.328 e. The van der Waals surface area contributed by atoms with Gasteiger partial charge in [0.2, 0.25) is 15.9 Å². The van der Waals surface area contributed by atoms with Crippen LogP contribution in [0.5, 0.6) is 0 Å². The van der Waals surface area contributed by atoms with Crippen LogP contribution in [0.1, 0.15) is 27.8 Å². The minimum atomic E-state index is -3.91. The van der Waals surface area contributed by atoms with Crippen LogP contribution < -0.4 is 21.5 Å². The van der Waals surface area contributed by atoms with Gasteiger partial charge in [0.05, 0.1) is 12.9 Å². The predicted octanol–water partition coefficient (Wildman–Crippen LogP) is 1.54. The van der Waals surface area contributed by atoms with Gasteiger partial charge < -0.3 is 21.5 Å². The summed E-state index contributed by atoms with van der Waals surface area (Å²) in [5.41, 5.74) is 15.3. The van der Waals surface area contributed by atoms with Crippen LogP contribution in [0.4, 0.5) is 0 Å². The summed E-state index contributed by atoms with van der Waals surface area (Å²) in [6, 6.07) is 21.1. The van der Waals surface area contributed by atoms with Crippen molar-refractivity contribution in [3.05, 3.63) is 107 Å². The lowest BCUT2D eigenvalue weighted by molar-refractivity contribution is -0.145. The fourth-order valence-electron chi connectivity index (χ4n) is 4.09. The van der Waals surface area contributed by atoms with Gasteiger partial charge in [0.15, 0.2) is 0 Å². The number of sulfonamides is 1. The van der Waals surface area contributed by atoms with Crippen molar-refractivity contribution in [2.75, 3.05) is 7.11 Å². The maximum absolute atomic E-state index is 13.5. The summed E-state index contributed by atoms with van der Waals surface area (Å²) in [6.07, 6.45) is 0.211. The third kappa shape index (κ3) is 8.77. The van der Waals surface area contributed by atoms with Crippen LogP contribution in [-0.4, -0.2) is 39.5 Å². The number of methoxy groups -OCH3 is 1. The molecule has 0 saturated heterocycles. The van der Waals surface area contributed by atoms with Crippen LogP contribution >= 0.6 is 0 Å². The maximum atomic E-state index is 13.5. The zero-order valence-electron chi connectivity index (χ0n) is 21.3. The molecule has 0 radical (unpaired) electrons. The molecule has 0 heterocycles. The minimum absolute atomic E-state index is 0.0598. The highest BCUT2D eigenvalue weighted by molar-refractivity contribution is 7.88. The van der Waals surface area contributed by atoms with Crippen LogP contribution in [0.3, 0.4) is 0 Å². The van der Waals surface area contributed by atoms with Crippen molar-refractivity contribution in [3.63, 3.8) is 0 Å². The first kappa shape index (κ1) is 29.0. The first-order valence-electron chi connectivity index (χ1n) is 12.2. The summed E-state index contributed by atoms with van der Waals surface area (Å²) in [7, 11) is -2.68. The average Bonchev–Trinajstić information content (AvgIpc) is 2.92. The van der Waals surface area contributed by atoms with E-state index in [1.165, 1.54) is 7.11 Å². The van der Waals surface area contributed by atoms with Crippen molar-refractivity contribution in [3.8, 4) is 0 Å². The molecule has 0 fully saturated rings. The molecule has 2 unspecified atom stereocenters. The number of nitrogens with one attached hydrogen (secondary N) is 2. The predicted molar refractivity (Wildman–Crippen MR) is 146 cm³/mol. The smallest absolute Gasteiger partial charge is 0.328 e. The second kappa shape index (κ2) is 13.8. The SMILES string of the molecule is COC(=O)C(Cc1cccc(CN)c1)NC(=O)C(Cc1cccc(CN)c1)NS(=O)(=O)Cc1ccccc1. The second-order valence-electron chi connectivity index (χ2n) is 8.96. The average molecular weight is 539 g/mol. The van der Waals surface area contributed by atoms with Gasteiger partial charge in [0.25, 0.3) is 0 Å². The Hall–Kier alpha value is -3.57. The lowest BCUT2D eigenvalue weighted by Gasteiger charge is -2.23. The fraction of sp³-hybridized carbons (Fsp3) is 0.286. The summed E-state index contributed by atoms with van der Waals surface area (Å²) in [5, 5.41) is 2.69. The molecule has 0 aliphatic rings. The Morgan fingerprint density at radius 1 is 0.763 bits per heavy atom. The van der Waals surface area contributed by atoms with Gasteiger partial charge in [-0.25, -0.2) is 17.9 Å². The van der Waals surface area contributed by atoms with Crippen LogP contribution in [0, 0.1) is 0 Å². The largest absolute Gasteiger partial charge is 0.467 e. The van der Waals surface area contributed by atoms with Gasteiger partial charge >= 0.3 is 5.97 Å². The lowest BCUT2D eigenvalue weighted by atomic mass is 10.0. The molecule has 3 aromatic rings. The van der Waals surface area contributed by atoms with Gasteiger partial charge in [-0.15, -0.1) is 0 Å². The molecule has 202 valence electrons. The number of amides is 1. The highest BCUT2D eigenvalue weighted by Crippen LogP contribution is 2.13. The fourth-order valence-corrected chi connectivity index (χ4v) is 5.42. The summed E-state index contributed by atoms with van der Waals surface area (Å²) >= 11 is 0. The zero-order valence-corrected chi connectivity index (χ0v) is 22.1. The highest BCUT2D eigenvalue weighted by Gasteiger charge is 2.30. The first-order chi connectivity index (χ1) is 18.2. The van der Waals surface area contributed by atoms with E-state index in [0.29, 0.717) is 18.7 Å². The molecule has 6 N–H and O–H groups in total. The lowest BCUT2D eigenvalue weighted by Crippen LogP contribution is -2.53. The van der Waals surface area contributed by atoms with E-state index >= 15 is 0 Å². The van der Waals surface area contributed by atoms with Crippen LogP contribution in [0.25, 0.3) is 0 Å². The monoisotopic (exact) mass is 538 g/mol. The van der Waals surface area contributed by atoms with E-state index in [0.717, 1.165) is 22.3 Å². The molecule has 0 saturated carbocycles. The normalized spacial score (nSPS) is 12.9. The van der Waals surface area contributed by atoms with Gasteiger partial charge in [-0.3, -0.25) is 4.79 Å². The van der Waals surface area contributed by atoms with Gasteiger partial charge in [-0.1, -0.05) is 78.9 Å². The molecule has 3 aromatic carbocycles. The molecule has 2 atom stereocenters. The Bertz CT molecular complexity index is 1330. The van der Waals surface area contributed by atoms with Gasteiger partial charge in [0.1, 0.15) is 12.1 Å². The van der Waals surface area contributed by atoms with E-state index in [1.807, 2.05) is 36.4 Å². The molecule has 0 bridgehead atoms. The number of esters is 1. The zero-order chi connectivity index (χ0) is 27.5. The minimum Gasteiger partial charge on any atom is -0.467 e. The number of rotatable bonds is 13. The summed E-state index contributed by atoms with van der Waals surface area (Å²) in [6.45, 7) is 0.632. The van der Waals surface area contributed by atoms with Crippen molar-refractivity contribution >= 4 is 21.9 Å². The third-order valence-corrected chi connectivity index (χ3v) is 7.33. The number of nitrogens with two attached hydrogens (primary N) is 2. The topological polar surface area (TPSA) is 154 Å². The van der Waals surface area contributed by atoms with E-state index in [4.69, 9.17) is 16.2 Å². The first-order valence-corrected chi connectivity index (χ1v) is 13.9. The number of carbonyl (C=O) groups is 2. The Kier molecular flexibility index (Phi) is 10.5. The molecule has 0 aromatic heterocycles. The second-order valence-corrected chi connectivity index (χ2v) is 10.7. The van der Waals surface area contributed by atoms with E-state index < -0.39 is 34.0 Å². The van der Waals surface area contributed by atoms with Gasteiger partial charge in [-0.05, 0) is 34.2 Å². The van der Waals surface area contributed by atoms with Crippen molar-refractivity contribution in [1.82, 2.24) is 10.0 Å². The van der Waals surface area contributed by atoms with Crippen molar-refractivity contribution in [1.29, 1.82) is 0 Å². The number of carbonyl (C=O) groups excluding carboxylic acids is 2.